The van der Waals surface area contributed by atoms with Gasteiger partial charge in [0, 0.05) is 16.9 Å². The van der Waals surface area contributed by atoms with Gasteiger partial charge in [0.1, 0.15) is 5.01 Å². The third-order valence-corrected chi connectivity index (χ3v) is 6.85. The lowest BCUT2D eigenvalue weighted by Gasteiger charge is -2.04. The highest BCUT2D eigenvalue weighted by atomic mass is 32.2. The highest BCUT2D eigenvalue weighted by molar-refractivity contribution is 7.91. The summed E-state index contributed by atoms with van der Waals surface area (Å²) in [7, 11) is -2.87. The molecule has 4 rings (SSSR count). The monoisotopic (exact) mass is 329 g/mol. The topological polar surface area (TPSA) is 47.0 Å². The fourth-order valence-electron chi connectivity index (χ4n) is 3.04. The van der Waals surface area contributed by atoms with Crippen LogP contribution in [0.15, 0.2) is 47.8 Å². The number of thiazole rings is 1. The Morgan fingerprint density at radius 1 is 1.09 bits per heavy atom. The number of rotatable bonds is 2. The first kappa shape index (κ1) is 13.9. The van der Waals surface area contributed by atoms with Crippen LogP contribution in [0.1, 0.15) is 18.0 Å². The van der Waals surface area contributed by atoms with E-state index < -0.39 is 9.84 Å². The summed E-state index contributed by atoms with van der Waals surface area (Å²) in [6, 6.07) is 14.5. The minimum absolute atomic E-state index is 0.0602. The molecule has 2 heterocycles. The minimum atomic E-state index is -2.87. The second kappa shape index (κ2) is 5.18. The van der Waals surface area contributed by atoms with E-state index in [0.29, 0.717) is 12.2 Å². The average molecular weight is 329 g/mol. The Balaban J connectivity index is 1.75. The van der Waals surface area contributed by atoms with Gasteiger partial charge in [0.15, 0.2) is 9.84 Å². The second-order valence-corrected chi connectivity index (χ2v) is 8.79. The van der Waals surface area contributed by atoms with Gasteiger partial charge in [-0.25, -0.2) is 13.4 Å². The highest BCUT2D eigenvalue weighted by Gasteiger charge is 2.30. The molecule has 0 N–H and O–H groups in total. The van der Waals surface area contributed by atoms with E-state index in [2.05, 4.69) is 24.3 Å². The van der Waals surface area contributed by atoms with Crippen LogP contribution in [0.4, 0.5) is 0 Å². The van der Waals surface area contributed by atoms with Crippen LogP contribution >= 0.6 is 11.3 Å². The zero-order chi connectivity index (χ0) is 15.2. The molecule has 1 fully saturated rings. The molecule has 1 saturated heterocycles. The molecule has 3 aromatic rings. The van der Waals surface area contributed by atoms with E-state index >= 15 is 0 Å². The summed E-state index contributed by atoms with van der Waals surface area (Å²) in [5.74, 6) is 0.592. The molecule has 0 saturated carbocycles. The van der Waals surface area contributed by atoms with Crippen LogP contribution in [-0.2, 0) is 9.84 Å². The smallest absolute Gasteiger partial charge is 0.151 e. The Hall–Kier alpha value is -1.72. The SMILES string of the molecule is O=S1(=O)CCC(c2csc(-c3cccc4ccccc34)n2)C1. The van der Waals surface area contributed by atoms with E-state index in [1.807, 2.05) is 23.6 Å². The van der Waals surface area contributed by atoms with E-state index in [1.165, 1.54) is 10.8 Å². The summed E-state index contributed by atoms with van der Waals surface area (Å²) in [4.78, 5) is 4.73. The second-order valence-electron chi connectivity index (χ2n) is 5.70. The van der Waals surface area contributed by atoms with Crippen molar-refractivity contribution >= 4 is 31.9 Å². The van der Waals surface area contributed by atoms with Crippen LogP contribution in [0.25, 0.3) is 21.3 Å². The Kier molecular flexibility index (Phi) is 3.27. The summed E-state index contributed by atoms with van der Waals surface area (Å²) in [5.41, 5.74) is 2.05. The molecule has 22 heavy (non-hydrogen) atoms. The van der Waals surface area contributed by atoms with Gasteiger partial charge in [-0.05, 0) is 17.2 Å². The Morgan fingerprint density at radius 3 is 2.73 bits per heavy atom. The van der Waals surface area contributed by atoms with Crippen molar-refractivity contribution in [2.75, 3.05) is 11.5 Å². The number of aromatic nitrogens is 1. The molecule has 5 heteroatoms. The van der Waals surface area contributed by atoms with Crippen LogP contribution in [0.5, 0.6) is 0 Å². The molecule has 1 atom stereocenters. The quantitative estimate of drug-likeness (QED) is 0.717. The molecule has 0 radical (unpaired) electrons. The molecule has 2 aromatic carbocycles. The lowest BCUT2D eigenvalue weighted by molar-refractivity contribution is 0.601. The van der Waals surface area contributed by atoms with Crippen molar-refractivity contribution in [1.82, 2.24) is 4.98 Å². The van der Waals surface area contributed by atoms with Gasteiger partial charge in [0.25, 0.3) is 0 Å². The molecular formula is C17H15NO2S2. The number of hydrogen-bond donors (Lipinski definition) is 0. The van der Waals surface area contributed by atoms with Gasteiger partial charge in [0.2, 0.25) is 0 Å². The third-order valence-electron chi connectivity index (χ3n) is 4.19. The molecule has 0 bridgehead atoms. The average Bonchev–Trinajstić information content (AvgIpc) is 3.13. The van der Waals surface area contributed by atoms with Crippen molar-refractivity contribution in [2.24, 2.45) is 0 Å². The standard InChI is InChI=1S/C17H15NO2S2/c19-22(20)9-8-13(11-22)16-10-21-17(18-16)15-7-3-5-12-4-1-2-6-14(12)15/h1-7,10,13H,8-9,11H2. The maximum atomic E-state index is 11.6. The van der Waals surface area contributed by atoms with Crippen molar-refractivity contribution in [3.05, 3.63) is 53.5 Å². The van der Waals surface area contributed by atoms with E-state index in [0.717, 1.165) is 16.3 Å². The van der Waals surface area contributed by atoms with Gasteiger partial charge in [-0.15, -0.1) is 11.3 Å². The van der Waals surface area contributed by atoms with Crippen LogP contribution < -0.4 is 0 Å². The maximum absolute atomic E-state index is 11.6. The van der Waals surface area contributed by atoms with Crippen LogP contribution in [0.2, 0.25) is 0 Å². The summed E-state index contributed by atoms with van der Waals surface area (Å²) in [6.45, 7) is 0. The first-order chi connectivity index (χ1) is 10.6. The van der Waals surface area contributed by atoms with Gasteiger partial charge in [0.05, 0.1) is 17.2 Å². The number of nitrogens with zero attached hydrogens (tertiary/aromatic N) is 1. The number of hydrogen-bond acceptors (Lipinski definition) is 4. The molecule has 0 amide bonds. The van der Waals surface area contributed by atoms with Crippen molar-refractivity contribution in [1.29, 1.82) is 0 Å². The fraction of sp³-hybridized carbons (Fsp3) is 0.235. The Labute approximate surface area is 133 Å². The predicted molar refractivity (Wildman–Crippen MR) is 91.1 cm³/mol. The molecule has 1 aromatic heterocycles. The largest absolute Gasteiger partial charge is 0.241 e. The molecule has 112 valence electrons. The van der Waals surface area contributed by atoms with Crippen LogP contribution in [0, 0.1) is 0 Å². The fourth-order valence-corrected chi connectivity index (χ4v) is 5.74. The summed E-state index contributed by atoms with van der Waals surface area (Å²) < 4.78 is 23.3. The van der Waals surface area contributed by atoms with E-state index in [1.54, 1.807) is 11.3 Å². The molecule has 1 unspecified atom stereocenters. The third kappa shape index (κ3) is 2.44. The Morgan fingerprint density at radius 2 is 1.91 bits per heavy atom. The van der Waals surface area contributed by atoms with Gasteiger partial charge >= 0.3 is 0 Å². The van der Waals surface area contributed by atoms with Crippen molar-refractivity contribution in [3.8, 4) is 10.6 Å². The normalized spacial score (nSPS) is 20.5. The molecule has 0 spiro atoms. The van der Waals surface area contributed by atoms with Gasteiger partial charge in [-0.3, -0.25) is 0 Å². The van der Waals surface area contributed by atoms with Crippen molar-refractivity contribution < 1.29 is 8.42 Å². The minimum Gasteiger partial charge on any atom is -0.241 e. The zero-order valence-electron chi connectivity index (χ0n) is 11.9. The van der Waals surface area contributed by atoms with Crippen molar-refractivity contribution in [2.45, 2.75) is 12.3 Å². The van der Waals surface area contributed by atoms with Gasteiger partial charge in [-0.2, -0.15) is 0 Å². The molecule has 3 nitrogen and oxygen atoms in total. The Bertz CT molecular complexity index is 939. The molecule has 0 aliphatic carbocycles. The van der Waals surface area contributed by atoms with Crippen molar-refractivity contribution in [3.63, 3.8) is 0 Å². The molecule has 1 aliphatic rings. The zero-order valence-corrected chi connectivity index (χ0v) is 13.5. The maximum Gasteiger partial charge on any atom is 0.151 e. The lowest BCUT2D eigenvalue weighted by Crippen LogP contribution is -2.03. The summed E-state index contributed by atoms with van der Waals surface area (Å²) in [5, 5.41) is 5.36. The van der Waals surface area contributed by atoms with E-state index in [-0.39, 0.29) is 11.7 Å². The van der Waals surface area contributed by atoms with E-state index in [9.17, 15) is 8.42 Å². The van der Waals surface area contributed by atoms with Gasteiger partial charge < -0.3 is 0 Å². The van der Waals surface area contributed by atoms with E-state index in [4.69, 9.17) is 4.98 Å². The van der Waals surface area contributed by atoms with Crippen LogP contribution in [-0.4, -0.2) is 24.9 Å². The highest BCUT2D eigenvalue weighted by Crippen LogP contribution is 2.35. The lowest BCUT2D eigenvalue weighted by atomic mass is 10.0. The summed E-state index contributed by atoms with van der Waals surface area (Å²) in [6.07, 6.45) is 0.695. The first-order valence-electron chi connectivity index (χ1n) is 7.26. The number of fused-ring (bicyclic) bond motifs is 1. The number of sulfone groups is 1. The molecule has 1 aliphatic heterocycles. The van der Waals surface area contributed by atoms with Crippen LogP contribution in [0.3, 0.4) is 0 Å². The first-order valence-corrected chi connectivity index (χ1v) is 9.96. The molecular weight excluding hydrogens is 314 g/mol. The predicted octanol–water partition coefficient (Wildman–Crippen LogP) is 3.87. The summed E-state index contributed by atoms with van der Waals surface area (Å²) >= 11 is 1.60. The number of benzene rings is 2. The van der Waals surface area contributed by atoms with Gasteiger partial charge in [-0.1, -0.05) is 42.5 Å².